The fourth-order valence-electron chi connectivity index (χ4n) is 1.74. The van der Waals surface area contributed by atoms with Crippen molar-refractivity contribution in [3.05, 3.63) is 21.9 Å². The first-order valence-electron chi connectivity index (χ1n) is 4.09. The number of rotatable bonds is 1. The van der Waals surface area contributed by atoms with Gasteiger partial charge in [-0.05, 0) is 36.3 Å². The Morgan fingerprint density at radius 1 is 1.54 bits per heavy atom. The van der Waals surface area contributed by atoms with Gasteiger partial charge in [0.05, 0.1) is 0 Å². The van der Waals surface area contributed by atoms with Crippen molar-refractivity contribution < 1.29 is 12.3 Å². The second-order valence-electron chi connectivity index (χ2n) is 3.16. The normalized spacial score (nSPS) is 22.7. The van der Waals surface area contributed by atoms with Crippen LogP contribution in [0.25, 0.3) is 0 Å². The molecule has 1 atom stereocenters. The van der Waals surface area contributed by atoms with Crippen LogP contribution >= 0.6 is 11.3 Å². The second-order valence-corrected chi connectivity index (χ2v) is 5.68. The molecule has 5 heteroatoms. The molecule has 1 aliphatic rings. The van der Waals surface area contributed by atoms with Gasteiger partial charge in [0.25, 0.3) is 0 Å². The van der Waals surface area contributed by atoms with Crippen LogP contribution in [0, 0.1) is 0 Å². The molecule has 0 saturated heterocycles. The summed E-state index contributed by atoms with van der Waals surface area (Å²) < 4.78 is 34.4. The van der Waals surface area contributed by atoms with E-state index in [1.807, 2.05) is 5.38 Å². The zero-order valence-electron chi connectivity index (χ0n) is 6.86. The summed E-state index contributed by atoms with van der Waals surface area (Å²) >= 11 is 1.51. The van der Waals surface area contributed by atoms with E-state index in [0.717, 1.165) is 17.7 Å². The number of fused-ring (bicyclic) bond motifs is 1. The third-order valence-corrected chi connectivity index (χ3v) is 4.50. The molecule has 2 rings (SSSR count). The molecular weight excluding hydrogens is 211 g/mol. The van der Waals surface area contributed by atoms with Gasteiger partial charge in [0, 0.05) is 4.88 Å². The number of aryl methyl sites for hydroxylation is 1. The molecule has 0 fully saturated rings. The van der Waals surface area contributed by atoms with Crippen molar-refractivity contribution in [1.82, 2.24) is 0 Å². The number of hydrogen-bond donors (Lipinski definition) is 0. The fourth-order valence-corrected chi connectivity index (χ4v) is 3.77. The van der Waals surface area contributed by atoms with Gasteiger partial charge in [0.15, 0.2) is 0 Å². The summed E-state index contributed by atoms with van der Waals surface area (Å²) in [7, 11) is -4.40. The van der Waals surface area contributed by atoms with E-state index in [2.05, 4.69) is 0 Å². The Kier molecular flexibility index (Phi) is 2.15. The SMILES string of the molecule is O=S(=O)(F)C1CCCc2sccc21. The molecule has 0 radical (unpaired) electrons. The van der Waals surface area contributed by atoms with Crippen LogP contribution in [0.15, 0.2) is 11.4 Å². The minimum absolute atomic E-state index is 0.419. The number of hydrogen-bond acceptors (Lipinski definition) is 3. The highest BCUT2D eigenvalue weighted by atomic mass is 32.3. The summed E-state index contributed by atoms with van der Waals surface area (Å²) in [5.74, 6) is 0. The Labute approximate surface area is 80.6 Å². The summed E-state index contributed by atoms with van der Waals surface area (Å²) in [6.45, 7) is 0. The quantitative estimate of drug-likeness (QED) is 0.681. The first-order chi connectivity index (χ1) is 6.09. The lowest BCUT2D eigenvalue weighted by molar-refractivity contribution is 0.520. The minimum Gasteiger partial charge on any atom is -0.194 e. The summed E-state index contributed by atoms with van der Waals surface area (Å²) in [5.41, 5.74) is 0.679. The van der Waals surface area contributed by atoms with E-state index >= 15 is 0 Å². The Bertz CT molecular complexity index is 408. The van der Waals surface area contributed by atoms with Crippen molar-refractivity contribution in [3.63, 3.8) is 0 Å². The highest BCUT2D eigenvalue weighted by Crippen LogP contribution is 2.38. The molecule has 1 aromatic heterocycles. The fraction of sp³-hybridized carbons (Fsp3) is 0.500. The summed E-state index contributed by atoms with van der Waals surface area (Å²) in [6, 6.07) is 1.72. The number of thiophene rings is 1. The highest BCUT2D eigenvalue weighted by molar-refractivity contribution is 7.86. The zero-order valence-corrected chi connectivity index (χ0v) is 8.50. The molecule has 1 unspecified atom stereocenters. The van der Waals surface area contributed by atoms with Gasteiger partial charge in [-0.25, -0.2) is 0 Å². The molecule has 0 aliphatic heterocycles. The van der Waals surface area contributed by atoms with E-state index in [0.29, 0.717) is 12.0 Å². The lowest BCUT2D eigenvalue weighted by Crippen LogP contribution is -2.13. The Hall–Kier alpha value is -0.420. The maximum atomic E-state index is 12.8. The summed E-state index contributed by atoms with van der Waals surface area (Å²) in [4.78, 5) is 1.03. The maximum Gasteiger partial charge on any atom is 0.309 e. The molecule has 0 N–H and O–H groups in total. The molecular formula is C8H9FO2S2. The first-order valence-corrected chi connectivity index (χ1v) is 6.41. The van der Waals surface area contributed by atoms with E-state index in [1.54, 1.807) is 6.07 Å². The lowest BCUT2D eigenvalue weighted by atomic mass is 9.99. The van der Waals surface area contributed by atoms with Crippen molar-refractivity contribution in [2.24, 2.45) is 0 Å². The molecule has 1 aliphatic carbocycles. The van der Waals surface area contributed by atoms with Gasteiger partial charge in [-0.15, -0.1) is 15.2 Å². The predicted molar refractivity (Wildman–Crippen MR) is 50.0 cm³/mol. The third-order valence-electron chi connectivity index (χ3n) is 2.34. The maximum absolute atomic E-state index is 12.8. The van der Waals surface area contributed by atoms with Gasteiger partial charge in [-0.1, -0.05) is 0 Å². The molecule has 1 aromatic rings. The van der Waals surface area contributed by atoms with E-state index in [9.17, 15) is 12.3 Å². The van der Waals surface area contributed by atoms with Crippen LogP contribution in [0.1, 0.15) is 28.5 Å². The van der Waals surface area contributed by atoms with E-state index < -0.39 is 15.5 Å². The molecule has 1 heterocycles. The van der Waals surface area contributed by atoms with Gasteiger partial charge in [0.2, 0.25) is 0 Å². The largest absolute Gasteiger partial charge is 0.309 e. The van der Waals surface area contributed by atoms with E-state index in [-0.39, 0.29) is 0 Å². The van der Waals surface area contributed by atoms with Crippen molar-refractivity contribution in [1.29, 1.82) is 0 Å². The van der Waals surface area contributed by atoms with Gasteiger partial charge in [0.1, 0.15) is 5.25 Å². The van der Waals surface area contributed by atoms with Gasteiger partial charge in [-0.2, -0.15) is 8.42 Å². The molecule has 72 valence electrons. The molecule has 13 heavy (non-hydrogen) atoms. The van der Waals surface area contributed by atoms with Crippen molar-refractivity contribution in [3.8, 4) is 0 Å². The summed E-state index contributed by atoms with van der Waals surface area (Å²) in [6.07, 6.45) is 2.07. The van der Waals surface area contributed by atoms with Gasteiger partial charge < -0.3 is 0 Å². The van der Waals surface area contributed by atoms with Crippen molar-refractivity contribution in [2.45, 2.75) is 24.5 Å². The van der Waals surface area contributed by atoms with Crippen LogP contribution in [0.4, 0.5) is 3.89 Å². The highest BCUT2D eigenvalue weighted by Gasteiger charge is 2.31. The van der Waals surface area contributed by atoms with Crippen molar-refractivity contribution >= 4 is 21.6 Å². The topological polar surface area (TPSA) is 34.1 Å². The van der Waals surface area contributed by atoms with Crippen LogP contribution in [0.2, 0.25) is 0 Å². The minimum atomic E-state index is -4.40. The molecule has 0 saturated carbocycles. The van der Waals surface area contributed by atoms with Crippen molar-refractivity contribution in [2.75, 3.05) is 0 Å². The van der Waals surface area contributed by atoms with Crippen LogP contribution in [-0.2, 0) is 16.6 Å². The van der Waals surface area contributed by atoms with Gasteiger partial charge in [-0.3, -0.25) is 0 Å². The summed E-state index contributed by atoms with van der Waals surface area (Å²) in [5, 5.41) is 0.927. The first kappa shape index (κ1) is 9.15. The Morgan fingerprint density at radius 3 is 3.00 bits per heavy atom. The van der Waals surface area contributed by atoms with Crippen LogP contribution in [0.5, 0.6) is 0 Å². The smallest absolute Gasteiger partial charge is 0.194 e. The average Bonchev–Trinajstić information content (AvgIpc) is 2.48. The van der Waals surface area contributed by atoms with E-state index in [1.165, 1.54) is 11.3 Å². The predicted octanol–water partition coefficient (Wildman–Crippen LogP) is 2.42. The molecule has 0 bridgehead atoms. The third kappa shape index (κ3) is 1.62. The zero-order chi connectivity index (χ0) is 9.47. The Morgan fingerprint density at radius 2 is 2.31 bits per heavy atom. The molecule has 0 amide bonds. The van der Waals surface area contributed by atoms with Crippen LogP contribution in [0.3, 0.4) is 0 Å². The standard InChI is InChI=1S/C8H9FO2S2/c9-13(10,11)8-3-1-2-7-6(8)4-5-12-7/h4-5,8H,1-3H2. The monoisotopic (exact) mass is 220 g/mol. The molecule has 0 aromatic carbocycles. The molecule has 0 spiro atoms. The van der Waals surface area contributed by atoms with Crippen LogP contribution < -0.4 is 0 Å². The van der Waals surface area contributed by atoms with Crippen LogP contribution in [-0.4, -0.2) is 8.42 Å². The second kappa shape index (κ2) is 3.06. The lowest BCUT2D eigenvalue weighted by Gasteiger charge is -2.18. The Balaban J connectivity index is 2.47. The van der Waals surface area contributed by atoms with Gasteiger partial charge >= 0.3 is 10.2 Å². The number of halogens is 1. The van der Waals surface area contributed by atoms with E-state index in [4.69, 9.17) is 0 Å². The average molecular weight is 220 g/mol. The molecule has 2 nitrogen and oxygen atoms in total.